The largest absolute Gasteiger partial charge is 0.394 e. The lowest BCUT2D eigenvalue weighted by molar-refractivity contribution is -0.0565. The summed E-state index contributed by atoms with van der Waals surface area (Å²) in [7, 11) is 0. The molecule has 0 spiro atoms. The van der Waals surface area contributed by atoms with Crippen molar-refractivity contribution >= 4 is 0 Å². The van der Waals surface area contributed by atoms with E-state index in [1.807, 2.05) is 0 Å². The van der Waals surface area contributed by atoms with Gasteiger partial charge in [-0.3, -0.25) is 0 Å². The van der Waals surface area contributed by atoms with Crippen molar-refractivity contribution in [3.8, 4) is 0 Å². The molecule has 3 atom stereocenters. The Labute approximate surface area is 89.1 Å². The summed E-state index contributed by atoms with van der Waals surface area (Å²) >= 11 is 0. The first-order chi connectivity index (χ1) is 7.06. The monoisotopic (exact) mass is 224 g/mol. The van der Waals surface area contributed by atoms with Crippen LogP contribution in [0.2, 0.25) is 0 Å². The molecule has 0 saturated heterocycles. The van der Waals surface area contributed by atoms with Crippen molar-refractivity contribution in [2.75, 3.05) is 33.0 Å². The highest BCUT2D eigenvalue weighted by Gasteiger charge is 2.07. The maximum atomic E-state index is 9.27. The van der Waals surface area contributed by atoms with Gasteiger partial charge in [0, 0.05) is 0 Å². The van der Waals surface area contributed by atoms with Gasteiger partial charge in [0.2, 0.25) is 0 Å². The lowest BCUT2D eigenvalue weighted by atomic mass is 10.4. The van der Waals surface area contributed by atoms with Gasteiger partial charge in [-0.15, -0.1) is 0 Å². The first kappa shape index (κ1) is 14.8. The van der Waals surface area contributed by atoms with Crippen LogP contribution in [0.4, 0.5) is 0 Å². The van der Waals surface area contributed by atoms with E-state index in [1.165, 1.54) is 0 Å². The Morgan fingerprint density at radius 2 is 1.33 bits per heavy atom. The van der Waals surface area contributed by atoms with E-state index in [9.17, 15) is 5.11 Å². The SMILES string of the molecule is CC(O)COCC(O)COCC(O)CO. The average Bonchev–Trinajstić information content (AvgIpc) is 2.17. The second-order valence-corrected chi connectivity index (χ2v) is 3.41. The van der Waals surface area contributed by atoms with Gasteiger partial charge in [-0.2, -0.15) is 0 Å². The Bertz CT molecular complexity index is 141. The van der Waals surface area contributed by atoms with Crippen molar-refractivity contribution in [2.24, 2.45) is 0 Å². The molecule has 6 nitrogen and oxygen atoms in total. The molecule has 0 aliphatic rings. The fraction of sp³-hybridized carbons (Fsp3) is 1.00. The summed E-state index contributed by atoms with van der Waals surface area (Å²) in [5.74, 6) is 0. The van der Waals surface area contributed by atoms with Gasteiger partial charge in [0.05, 0.1) is 39.1 Å². The van der Waals surface area contributed by atoms with Crippen LogP contribution in [0, 0.1) is 0 Å². The number of rotatable bonds is 9. The smallest absolute Gasteiger partial charge is 0.101 e. The molecule has 3 unspecified atom stereocenters. The normalized spacial score (nSPS) is 17.4. The van der Waals surface area contributed by atoms with Crippen molar-refractivity contribution in [2.45, 2.75) is 25.2 Å². The first-order valence-corrected chi connectivity index (χ1v) is 4.86. The summed E-state index contributed by atoms with van der Waals surface area (Å²) in [5.41, 5.74) is 0. The third kappa shape index (κ3) is 10.1. The molecule has 0 aliphatic heterocycles. The fourth-order valence-electron chi connectivity index (χ4n) is 0.816. The van der Waals surface area contributed by atoms with Gasteiger partial charge in [0.1, 0.15) is 12.2 Å². The van der Waals surface area contributed by atoms with E-state index in [4.69, 9.17) is 24.8 Å². The van der Waals surface area contributed by atoms with Gasteiger partial charge in [-0.1, -0.05) is 0 Å². The molecule has 92 valence electrons. The molecule has 0 aliphatic carbocycles. The van der Waals surface area contributed by atoms with Crippen LogP contribution in [-0.4, -0.2) is 71.8 Å². The Morgan fingerprint density at radius 1 is 0.867 bits per heavy atom. The van der Waals surface area contributed by atoms with E-state index in [0.717, 1.165) is 0 Å². The Morgan fingerprint density at radius 3 is 1.80 bits per heavy atom. The summed E-state index contributed by atoms with van der Waals surface area (Å²) in [6, 6.07) is 0. The van der Waals surface area contributed by atoms with Crippen molar-refractivity contribution < 1.29 is 29.9 Å². The molecule has 0 radical (unpaired) electrons. The van der Waals surface area contributed by atoms with E-state index in [1.54, 1.807) is 6.92 Å². The zero-order valence-corrected chi connectivity index (χ0v) is 8.87. The second-order valence-electron chi connectivity index (χ2n) is 3.41. The highest BCUT2D eigenvalue weighted by molar-refractivity contribution is 4.55. The van der Waals surface area contributed by atoms with Crippen LogP contribution in [0.5, 0.6) is 0 Å². The molecular weight excluding hydrogens is 204 g/mol. The molecule has 0 aromatic heterocycles. The second kappa shape index (κ2) is 9.02. The molecule has 0 fully saturated rings. The summed E-state index contributed by atoms with van der Waals surface area (Å²) in [5, 5.41) is 35.5. The average molecular weight is 224 g/mol. The van der Waals surface area contributed by atoms with Gasteiger partial charge in [-0.25, -0.2) is 0 Å². The van der Waals surface area contributed by atoms with E-state index >= 15 is 0 Å². The third-order valence-electron chi connectivity index (χ3n) is 1.50. The van der Waals surface area contributed by atoms with E-state index < -0.39 is 18.3 Å². The molecular formula is C9H20O6. The highest BCUT2D eigenvalue weighted by atomic mass is 16.5. The number of aliphatic hydroxyl groups is 4. The zero-order valence-electron chi connectivity index (χ0n) is 8.87. The minimum atomic E-state index is -0.921. The van der Waals surface area contributed by atoms with E-state index in [2.05, 4.69) is 0 Å². The number of hydrogen-bond acceptors (Lipinski definition) is 6. The zero-order chi connectivity index (χ0) is 11.7. The predicted molar refractivity (Wildman–Crippen MR) is 52.4 cm³/mol. The van der Waals surface area contributed by atoms with Crippen LogP contribution in [-0.2, 0) is 9.47 Å². The van der Waals surface area contributed by atoms with Gasteiger partial charge < -0.3 is 29.9 Å². The Hall–Kier alpha value is -0.240. The molecule has 0 rings (SSSR count). The van der Waals surface area contributed by atoms with E-state index in [-0.39, 0.29) is 33.0 Å². The number of hydrogen-bond donors (Lipinski definition) is 4. The van der Waals surface area contributed by atoms with Gasteiger partial charge >= 0.3 is 0 Å². The van der Waals surface area contributed by atoms with Crippen LogP contribution in [0.3, 0.4) is 0 Å². The number of aliphatic hydroxyl groups excluding tert-OH is 4. The highest BCUT2D eigenvalue weighted by Crippen LogP contribution is 1.91. The quantitative estimate of drug-likeness (QED) is 0.365. The molecule has 0 aromatic rings. The van der Waals surface area contributed by atoms with Crippen LogP contribution in [0.25, 0.3) is 0 Å². The maximum Gasteiger partial charge on any atom is 0.101 e. The summed E-state index contributed by atoms with van der Waals surface area (Å²) in [4.78, 5) is 0. The minimum Gasteiger partial charge on any atom is -0.394 e. The Balaban J connectivity index is 3.29. The molecule has 6 heteroatoms. The molecule has 0 heterocycles. The molecule has 0 amide bonds. The molecule has 0 bridgehead atoms. The van der Waals surface area contributed by atoms with Crippen LogP contribution in [0.1, 0.15) is 6.92 Å². The van der Waals surface area contributed by atoms with Crippen molar-refractivity contribution in [1.29, 1.82) is 0 Å². The van der Waals surface area contributed by atoms with Crippen molar-refractivity contribution in [1.82, 2.24) is 0 Å². The number of ether oxygens (including phenoxy) is 2. The first-order valence-electron chi connectivity index (χ1n) is 4.86. The lowest BCUT2D eigenvalue weighted by Gasteiger charge is -2.13. The molecule has 0 aromatic carbocycles. The summed E-state index contributed by atoms with van der Waals surface area (Å²) < 4.78 is 9.85. The van der Waals surface area contributed by atoms with Gasteiger partial charge in [-0.05, 0) is 6.92 Å². The molecule has 4 N–H and O–H groups in total. The van der Waals surface area contributed by atoms with E-state index in [0.29, 0.717) is 0 Å². The molecule has 15 heavy (non-hydrogen) atoms. The summed E-state index contributed by atoms with van der Waals surface area (Å²) in [6.45, 7) is 1.45. The van der Waals surface area contributed by atoms with Crippen LogP contribution in [0.15, 0.2) is 0 Å². The van der Waals surface area contributed by atoms with Crippen LogP contribution < -0.4 is 0 Å². The maximum absolute atomic E-state index is 9.27. The van der Waals surface area contributed by atoms with Crippen molar-refractivity contribution in [3.63, 3.8) is 0 Å². The summed E-state index contributed by atoms with van der Waals surface area (Å²) in [6.07, 6.45) is -2.28. The standard InChI is InChI=1S/C9H20O6/c1-7(11)3-14-5-9(13)6-15-4-8(12)2-10/h7-13H,2-6H2,1H3. The van der Waals surface area contributed by atoms with Gasteiger partial charge in [0.15, 0.2) is 0 Å². The van der Waals surface area contributed by atoms with Crippen LogP contribution >= 0.6 is 0 Å². The minimum absolute atomic E-state index is 0.0238. The fourth-order valence-corrected chi connectivity index (χ4v) is 0.816. The lowest BCUT2D eigenvalue weighted by Crippen LogP contribution is -2.27. The van der Waals surface area contributed by atoms with Gasteiger partial charge in [0.25, 0.3) is 0 Å². The topological polar surface area (TPSA) is 99.4 Å². The predicted octanol–water partition coefficient (Wildman–Crippen LogP) is -1.89. The van der Waals surface area contributed by atoms with Crippen molar-refractivity contribution in [3.05, 3.63) is 0 Å². The third-order valence-corrected chi connectivity index (χ3v) is 1.50. The molecule has 0 saturated carbocycles. The Kier molecular flexibility index (Phi) is 8.88.